The van der Waals surface area contributed by atoms with E-state index in [1.54, 1.807) is 12.2 Å². The first kappa shape index (κ1) is 32.1. The van der Waals surface area contributed by atoms with Crippen molar-refractivity contribution in [2.24, 2.45) is 16.6 Å². The molecule has 6 N–H and O–H groups in total. The van der Waals surface area contributed by atoms with E-state index in [2.05, 4.69) is 20.5 Å². The number of nitrogens with zero attached hydrogens (tertiary/aromatic N) is 3. The number of carbonyl (C=O) groups is 2. The minimum atomic E-state index is -0.815. The molecule has 0 aliphatic rings. The van der Waals surface area contributed by atoms with Gasteiger partial charge in [-0.3, -0.25) is 9.59 Å². The second kappa shape index (κ2) is 19.4. The fourth-order valence-electron chi connectivity index (χ4n) is 3.51. The van der Waals surface area contributed by atoms with Gasteiger partial charge < -0.3 is 26.2 Å². The van der Waals surface area contributed by atoms with Crippen LogP contribution in [0.15, 0.2) is 4.99 Å². The third-order valence-corrected chi connectivity index (χ3v) is 5.35. The highest BCUT2D eigenvalue weighted by molar-refractivity contribution is 6.51. The van der Waals surface area contributed by atoms with Crippen molar-refractivity contribution in [2.45, 2.75) is 96.9 Å². The lowest BCUT2D eigenvalue weighted by Crippen LogP contribution is -2.53. The quantitative estimate of drug-likeness (QED) is 0.0344. The van der Waals surface area contributed by atoms with E-state index in [-0.39, 0.29) is 36.7 Å². The maximum absolute atomic E-state index is 12.9. The number of hydrazine groups is 1. The topological polar surface area (TPSA) is 176 Å². The standard InChI is InChI=1S/C22H42BN7O5/c1-17(2)16-19(23(3)33)28-21(32)18(12-11-15-26-22(24)29-30(34)35)27-20(31)13-9-7-5-6-8-10-14-25-4/h17-19,33H,5-16H2,1-3H3,(H,27,31)(H,28,32)(H3,24,26,29)/t18-,19-/m0/s1. The third-order valence-electron chi connectivity index (χ3n) is 5.35. The molecule has 0 spiro atoms. The first-order chi connectivity index (χ1) is 16.6. The Bertz CT molecular complexity index is 713. The molecule has 0 aromatic carbocycles. The summed E-state index contributed by atoms with van der Waals surface area (Å²) in [7, 11) is 0. The van der Waals surface area contributed by atoms with Gasteiger partial charge in [0, 0.05) is 25.3 Å². The van der Waals surface area contributed by atoms with E-state index in [9.17, 15) is 24.7 Å². The molecule has 2 amide bonds. The minimum Gasteiger partial charge on any atom is -0.449 e. The summed E-state index contributed by atoms with van der Waals surface area (Å²) in [5.41, 5.74) is 7.15. The number of hydrogen-bond acceptors (Lipinski definition) is 6. The van der Waals surface area contributed by atoms with Gasteiger partial charge in [0.25, 0.3) is 5.96 Å². The van der Waals surface area contributed by atoms with Gasteiger partial charge >= 0.3 is 6.92 Å². The van der Waals surface area contributed by atoms with E-state index >= 15 is 0 Å². The Morgan fingerprint density at radius 2 is 1.77 bits per heavy atom. The molecular weight excluding hydrogens is 453 g/mol. The number of amides is 2. The predicted molar refractivity (Wildman–Crippen MR) is 137 cm³/mol. The molecule has 0 saturated carbocycles. The second-order valence-corrected chi connectivity index (χ2v) is 9.14. The summed E-state index contributed by atoms with van der Waals surface area (Å²) in [6.45, 7) is 12.3. The summed E-state index contributed by atoms with van der Waals surface area (Å²) in [5, 5.41) is 25.2. The maximum atomic E-state index is 12.9. The van der Waals surface area contributed by atoms with E-state index in [1.807, 2.05) is 13.8 Å². The number of rotatable bonds is 19. The Labute approximate surface area is 208 Å². The second-order valence-electron chi connectivity index (χ2n) is 9.14. The van der Waals surface area contributed by atoms with Gasteiger partial charge in [0.05, 0.1) is 0 Å². The number of nitro groups is 1. The van der Waals surface area contributed by atoms with Gasteiger partial charge in [0.2, 0.25) is 18.4 Å². The van der Waals surface area contributed by atoms with Crippen molar-refractivity contribution in [3.05, 3.63) is 21.5 Å². The number of guanidine groups is 1. The molecule has 0 bridgehead atoms. The molecular formula is C22H42BN7O5. The minimum absolute atomic E-state index is 0.144. The highest BCUT2D eigenvalue weighted by Gasteiger charge is 2.27. The molecule has 0 aliphatic carbocycles. The van der Waals surface area contributed by atoms with Crippen LogP contribution in [-0.2, 0) is 9.59 Å². The monoisotopic (exact) mass is 495 g/mol. The number of nitrogens with one attached hydrogen (secondary N) is 3. The molecule has 198 valence electrons. The van der Waals surface area contributed by atoms with Crippen LogP contribution in [0.1, 0.15) is 78.1 Å². The van der Waals surface area contributed by atoms with E-state index in [0.717, 1.165) is 32.1 Å². The molecule has 12 nitrogen and oxygen atoms in total. The Morgan fingerprint density at radius 1 is 1.14 bits per heavy atom. The molecule has 0 saturated heterocycles. The number of carbonyl (C=O) groups excluding carboxylic acids is 2. The van der Waals surface area contributed by atoms with Crippen LogP contribution >= 0.6 is 0 Å². The lowest BCUT2D eigenvalue weighted by molar-refractivity contribution is -0.525. The van der Waals surface area contributed by atoms with Crippen LogP contribution < -0.4 is 21.8 Å². The summed E-state index contributed by atoms with van der Waals surface area (Å²) < 4.78 is 0. The average Bonchev–Trinajstić information content (AvgIpc) is 2.76. The zero-order valence-corrected chi connectivity index (χ0v) is 21.3. The molecule has 0 unspecified atom stereocenters. The van der Waals surface area contributed by atoms with Gasteiger partial charge in [-0.2, -0.15) is 0 Å². The van der Waals surface area contributed by atoms with Crippen LogP contribution in [0.5, 0.6) is 0 Å². The van der Waals surface area contributed by atoms with E-state index in [4.69, 9.17) is 12.3 Å². The van der Waals surface area contributed by atoms with Crippen LogP contribution in [0.4, 0.5) is 0 Å². The van der Waals surface area contributed by atoms with E-state index < -0.39 is 23.9 Å². The van der Waals surface area contributed by atoms with Crippen LogP contribution in [0.25, 0.3) is 4.85 Å². The first-order valence-corrected chi connectivity index (χ1v) is 12.4. The van der Waals surface area contributed by atoms with Crippen molar-refractivity contribution in [2.75, 3.05) is 13.1 Å². The molecule has 0 radical (unpaired) electrons. The molecule has 0 aliphatic heterocycles. The van der Waals surface area contributed by atoms with Crippen molar-refractivity contribution >= 4 is 24.7 Å². The molecule has 0 heterocycles. The molecule has 0 aromatic rings. The van der Waals surface area contributed by atoms with Crippen molar-refractivity contribution in [3.63, 3.8) is 0 Å². The number of nitrogens with two attached hydrogens (primary N) is 1. The Hall–Kier alpha value is -2.88. The van der Waals surface area contributed by atoms with Gasteiger partial charge in [-0.1, -0.05) is 45.4 Å². The highest BCUT2D eigenvalue weighted by atomic mass is 16.7. The van der Waals surface area contributed by atoms with Gasteiger partial charge in [-0.15, -0.1) is 0 Å². The Kier molecular flexibility index (Phi) is 17.8. The summed E-state index contributed by atoms with van der Waals surface area (Å²) in [6, 6.07) is -0.815. The molecule has 0 aromatic heterocycles. The predicted octanol–water partition coefficient (Wildman–Crippen LogP) is 1.68. The van der Waals surface area contributed by atoms with E-state index in [1.165, 1.54) is 0 Å². The van der Waals surface area contributed by atoms with Gasteiger partial charge in [-0.25, -0.2) is 21.7 Å². The smallest absolute Gasteiger partial charge is 0.308 e. The lowest BCUT2D eigenvalue weighted by atomic mass is 9.61. The first-order valence-electron chi connectivity index (χ1n) is 12.4. The Morgan fingerprint density at radius 3 is 2.34 bits per heavy atom. The molecule has 13 heteroatoms. The highest BCUT2D eigenvalue weighted by Crippen LogP contribution is 2.10. The molecule has 0 rings (SSSR count). The van der Waals surface area contributed by atoms with Crippen molar-refractivity contribution in [1.29, 1.82) is 0 Å². The molecule has 2 atom stereocenters. The van der Waals surface area contributed by atoms with Crippen molar-refractivity contribution < 1.29 is 19.6 Å². The largest absolute Gasteiger partial charge is 0.449 e. The van der Waals surface area contributed by atoms with Crippen molar-refractivity contribution in [1.82, 2.24) is 16.1 Å². The molecule has 0 fully saturated rings. The van der Waals surface area contributed by atoms with E-state index in [0.29, 0.717) is 32.2 Å². The fraction of sp³-hybridized carbons (Fsp3) is 0.818. The molecule has 35 heavy (non-hydrogen) atoms. The zero-order valence-electron chi connectivity index (χ0n) is 21.3. The summed E-state index contributed by atoms with van der Waals surface area (Å²) in [6.07, 6.45) is 7.09. The third kappa shape index (κ3) is 18.2. The van der Waals surface area contributed by atoms with Gasteiger partial charge in [-0.05, 0) is 38.0 Å². The van der Waals surface area contributed by atoms with Crippen molar-refractivity contribution in [3.8, 4) is 0 Å². The number of hydrogen-bond donors (Lipinski definition) is 5. The van der Waals surface area contributed by atoms with Gasteiger partial charge in [0.15, 0.2) is 5.03 Å². The maximum Gasteiger partial charge on any atom is 0.308 e. The summed E-state index contributed by atoms with van der Waals surface area (Å²) in [5.74, 6) is -1.13. The normalized spacial score (nSPS) is 13.0. The fourth-order valence-corrected chi connectivity index (χ4v) is 3.51. The summed E-state index contributed by atoms with van der Waals surface area (Å²) >= 11 is 0. The number of aliphatic imine (C=N–C) groups is 1. The lowest BCUT2D eigenvalue weighted by Gasteiger charge is -2.25. The van der Waals surface area contributed by atoms with Crippen LogP contribution in [0, 0.1) is 22.6 Å². The van der Waals surface area contributed by atoms with Crippen LogP contribution in [-0.4, -0.2) is 59.8 Å². The van der Waals surface area contributed by atoms with Gasteiger partial charge in [0.1, 0.15) is 6.04 Å². The zero-order chi connectivity index (χ0) is 26.6. The van der Waals surface area contributed by atoms with Crippen LogP contribution in [0.2, 0.25) is 6.82 Å². The van der Waals surface area contributed by atoms with Crippen LogP contribution in [0.3, 0.4) is 0 Å². The average molecular weight is 495 g/mol. The Balaban J connectivity index is 4.82. The number of unbranched alkanes of at least 4 members (excludes halogenated alkanes) is 5. The SMILES string of the molecule is [C-]#[N+]CCCCCCCCC(=O)N[C@@H](CCCN=C(N)N[N+](=O)[O-])C(=O)N[C@@H](CC(C)C)B(C)O. The summed E-state index contributed by atoms with van der Waals surface area (Å²) in [4.78, 5) is 43.0.